The Morgan fingerprint density at radius 1 is 1.06 bits per heavy atom. The highest BCUT2D eigenvalue weighted by Gasteiger charge is 2.26. The molecule has 1 fully saturated rings. The van der Waals surface area contributed by atoms with Gasteiger partial charge in [0.05, 0.1) is 18.1 Å². The summed E-state index contributed by atoms with van der Waals surface area (Å²) in [6.45, 7) is 0.431. The standard InChI is InChI=1S/C20H21ClN2O7S/c21-15-2-1-3-17(12-15)29-14-20(25)30-13-19(24)22-16-4-6-18(7-5-16)31(26,27)23-8-10-28-11-9-23/h1-7,12H,8-11,13-14H2,(H,22,24). The van der Waals surface area contributed by atoms with E-state index in [1.165, 1.54) is 28.6 Å². The summed E-state index contributed by atoms with van der Waals surface area (Å²) in [5, 5.41) is 3.00. The molecule has 1 N–H and O–H groups in total. The summed E-state index contributed by atoms with van der Waals surface area (Å²) in [5.74, 6) is -0.886. The van der Waals surface area contributed by atoms with E-state index in [1.54, 1.807) is 24.3 Å². The lowest BCUT2D eigenvalue weighted by Gasteiger charge is -2.26. The van der Waals surface area contributed by atoms with Gasteiger partial charge in [-0.3, -0.25) is 4.79 Å². The molecule has 1 heterocycles. The second-order valence-electron chi connectivity index (χ2n) is 6.50. The van der Waals surface area contributed by atoms with Crippen LogP contribution in [0.15, 0.2) is 53.4 Å². The lowest BCUT2D eigenvalue weighted by atomic mass is 10.3. The number of carbonyl (C=O) groups is 2. The van der Waals surface area contributed by atoms with E-state index in [-0.39, 0.29) is 11.5 Å². The number of halogens is 1. The summed E-state index contributed by atoms with van der Waals surface area (Å²) >= 11 is 5.82. The van der Waals surface area contributed by atoms with E-state index in [4.69, 9.17) is 25.8 Å². The minimum Gasteiger partial charge on any atom is -0.482 e. The number of nitrogens with zero attached hydrogens (tertiary/aromatic N) is 1. The lowest BCUT2D eigenvalue weighted by molar-refractivity contribution is -0.149. The van der Waals surface area contributed by atoms with Crippen molar-refractivity contribution in [1.82, 2.24) is 4.31 Å². The van der Waals surface area contributed by atoms with Crippen LogP contribution in [0.1, 0.15) is 0 Å². The van der Waals surface area contributed by atoms with Crippen molar-refractivity contribution in [3.8, 4) is 5.75 Å². The topological polar surface area (TPSA) is 111 Å². The van der Waals surface area contributed by atoms with Crippen LogP contribution in [0, 0.1) is 0 Å². The molecule has 0 unspecified atom stereocenters. The van der Waals surface area contributed by atoms with Gasteiger partial charge in [-0.05, 0) is 42.5 Å². The average Bonchev–Trinajstić information content (AvgIpc) is 2.77. The predicted molar refractivity (Wildman–Crippen MR) is 113 cm³/mol. The molecular weight excluding hydrogens is 448 g/mol. The highest BCUT2D eigenvalue weighted by Crippen LogP contribution is 2.19. The Kier molecular flexibility index (Phi) is 7.85. The van der Waals surface area contributed by atoms with Crippen LogP contribution in [0.2, 0.25) is 5.02 Å². The molecule has 0 radical (unpaired) electrons. The molecule has 0 aromatic heterocycles. The molecule has 31 heavy (non-hydrogen) atoms. The van der Waals surface area contributed by atoms with Crippen molar-refractivity contribution in [2.24, 2.45) is 0 Å². The van der Waals surface area contributed by atoms with Gasteiger partial charge in [0.1, 0.15) is 5.75 Å². The zero-order valence-electron chi connectivity index (χ0n) is 16.5. The molecule has 0 bridgehead atoms. The second kappa shape index (κ2) is 10.6. The van der Waals surface area contributed by atoms with Crippen molar-refractivity contribution in [2.75, 3.05) is 44.8 Å². The largest absolute Gasteiger partial charge is 0.482 e. The van der Waals surface area contributed by atoms with E-state index < -0.39 is 28.5 Å². The van der Waals surface area contributed by atoms with Crippen LogP contribution < -0.4 is 10.1 Å². The molecule has 9 nitrogen and oxygen atoms in total. The maximum absolute atomic E-state index is 12.6. The summed E-state index contributed by atoms with van der Waals surface area (Å²) in [6, 6.07) is 12.3. The molecule has 0 saturated carbocycles. The lowest BCUT2D eigenvalue weighted by Crippen LogP contribution is -2.40. The zero-order valence-corrected chi connectivity index (χ0v) is 18.0. The quantitative estimate of drug-likeness (QED) is 0.589. The number of morpholine rings is 1. The van der Waals surface area contributed by atoms with E-state index >= 15 is 0 Å². The van der Waals surface area contributed by atoms with Crippen molar-refractivity contribution in [1.29, 1.82) is 0 Å². The molecule has 2 aromatic rings. The van der Waals surface area contributed by atoms with Gasteiger partial charge in [-0.2, -0.15) is 4.31 Å². The molecule has 3 rings (SSSR count). The smallest absolute Gasteiger partial charge is 0.344 e. The molecule has 0 spiro atoms. The molecule has 0 atom stereocenters. The first-order chi connectivity index (χ1) is 14.8. The van der Waals surface area contributed by atoms with E-state index in [0.29, 0.717) is 42.8 Å². The second-order valence-corrected chi connectivity index (χ2v) is 8.87. The van der Waals surface area contributed by atoms with Gasteiger partial charge in [0.25, 0.3) is 5.91 Å². The summed E-state index contributed by atoms with van der Waals surface area (Å²) in [6.07, 6.45) is 0. The fourth-order valence-electron chi connectivity index (χ4n) is 2.73. The minimum atomic E-state index is -3.61. The van der Waals surface area contributed by atoms with E-state index in [9.17, 15) is 18.0 Å². The number of nitrogens with one attached hydrogen (secondary N) is 1. The summed E-state index contributed by atoms with van der Waals surface area (Å²) < 4.78 is 41.8. The molecule has 2 aromatic carbocycles. The fourth-order valence-corrected chi connectivity index (χ4v) is 4.32. The Hall–Kier alpha value is -2.66. The number of rotatable bonds is 8. The number of amides is 1. The van der Waals surface area contributed by atoms with E-state index in [1.807, 2.05) is 0 Å². The number of carbonyl (C=O) groups excluding carboxylic acids is 2. The fraction of sp³-hybridized carbons (Fsp3) is 0.300. The molecule has 1 aliphatic heterocycles. The third-order valence-electron chi connectivity index (χ3n) is 4.26. The van der Waals surface area contributed by atoms with Crippen LogP contribution in [0.3, 0.4) is 0 Å². The molecule has 1 aliphatic rings. The normalized spacial score (nSPS) is 14.6. The molecule has 1 amide bonds. The van der Waals surface area contributed by atoms with Crippen molar-refractivity contribution < 1.29 is 32.2 Å². The number of benzene rings is 2. The molecule has 1 saturated heterocycles. The Balaban J connectivity index is 1.45. The first-order valence-corrected chi connectivity index (χ1v) is 11.2. The van der Waals surface area contributed by atoms with Crippen LogP contribution in [-0.2, 0) is 29.1 Å². The van der Waals surface area contributed by atoms with Gasteiger partial charge in [-0.1, -0.05) is 17.7 Å². The van der Waals surface area contributed by atoms with Gasteiger partial charge < -0.3 is 19.5 Å². The van der Waals surface area contributed by atoms with E-state index in [2.05, 4.69) is 5.32 Å². The number of hydrogen-bond donors (Lipinski definition) is 1. The van der Waals surface area contributed by atoms with Crippen LogP contribution in [-0.4, -0.2) is 64.1 Å². The number of hydrogen-bond acceptors (Lipinski definition) is 7. The van der Waals surface area contributed by atoms with Crippen molar-refractivity contribution in [3.05, 3.63) is 53.6 Å². The molecule has 0 aliphatic carbocycles. The van der Waals surface area contributed by atoms with Crippen LogP contribution >= 0.6 is 11.6 Å². The SMILES string of the molecule is O=C(COC(=O)COc1cccc(Cl)c1)Nc1ccc(S(=O)(=O)N2CCOCC2)cc1. The highest BCUT2D eigenvalue weighted by molar-refractivity contribution is 7.89. The number of esters is 1. The van der Waals surface area contributed by atoms with Crippen LogP contribution in [0.5, 0.6) is 5.75 Å². The predicted octanol–water partition coefficient (Wildman–Crippen LogP) is 1.92. The van der Waals surface area contributed by atoms with Crippen LogP contribution in [0.25, 0.3) is 0 Å². The van der Waals surface area contributed by atoms with Crippen molar-refractivity contribution in [2.45, 2.75) is 4.90 Å². The maximum Gasteiger partial charge on any atom is 0.344 e. The number of anilines is 1. The maximum atomic E-state index is 12.6. The average molecular weight is 469 g/mol. The van der Waals surface area contributed by atoms with Gasteiger partial charge in [0.2, 0.25) is 10.0 Å². The summed E-state index contributed by atoms with van der Waals surface area (Å²) in [5.41, 5.74) is 0.372. The third kappa shape index (κ3) is 6.66. The monoisotopic (exact) mass is 468 g/mol. The van der Waals surface area contributed by atoms with Crippen molar-refractivity contribution >= 4 is 39.2 Å². The van der Waals surface area contributed by atoms with Gasteiger partial charge in [0, 0.05) is 23.8 Å². The number of sulfonamides is 1. The zero-order chi connectivity index (χ0) is 22.3. The Bertz CT molecular complexity index is 1020. The first-order valence-electron chi connectivity index (χ1n) is 9.36. The van der Waals surface area contributed by atoms with Gasteiger partial charge in [0.15, 0.2) is 13.2 Å². The van der Waals surface area contributed by atoms with Gasteiger partial charge in [-0.15, -0.1) is 0 Å². The Labute approximate surface area is 184 Å². The molecule has 166 valence electrons. The first kappa shape index (κ1) is 23.0. The van der Waals surface area contributed by atoms with Crippen molar-refractivity contribution in [3.63, 3.8) is 0 Å². The molecular formula is C20H21ClN2O7S. The highest BCUT2D eigenvalue weighted by atomic mass is 35.5. The summed E-state index contributed by atoms with van der Waals surface area (Å²) in [7, 11) is -3.61. The number of ether oxygens (including phenoxy) is 3. The van der Waals surface area contributed by atoms with Gasteiger partial charge >= 0.3 is 5.97 Å². The van der Waals surface area contributed by atoms with E-state index in [0.717, 1.165) is 0 Å². The summed E-state index contributed by atoms with van der Waals surface area (Å²) in [4.78, 5) is 23.8. The Morgan fingerprint density at radius 3 is 2.45 bits per heavy atom. The minimum absolute atomic E-state index is 0.122. The Morgan fingerprint density at radius 2 is 1.77 bits per heavy atom. The third-order valence-corrected chi connectivity index (χ3v) is 6.41. The van der Waals surface area contributed by atoms with Gasteiger partial charge in [-0.25, -0.2) is 13.2 Å². The van der Waals surface area contributed by atoms with Crippen LogP contribution in [0.4, 0.5) is 5.69 Å². The molecule has 11 heteroatoms.